The molecule has 2 N–H and O–H groups in total. The topological polar surface area (TPSA) is 110 Å². The minimum atomic E-state index is -0.611. The molecule has 248 valence electrons. The van der Waals surface area contributed by atoms with Gasteiger partial charge >= 0.3 is 6.09 Å². The van der Waals surface area contributed by atoms with Gasteiger partial charge in [-0.1, -0.05) is 19.9 Å². The molecule has 1 fully saturated rings. The van der Waals surface area contributed by atoms with Gasteiger partial charge in [0.2, 0.25) is 0 Å². The molecule has 1 aliphatic heterocycles. The van der Waals surface area contributed by atoms with Gasteiger partial charge in [0.25, 0.3) is 11.8 Å². The number of benzene rings is 3. The molecule has 1 aliphatic rings. The highest BCUT2D eigenvalue weighted by atomic mass is 19.1. The first kappa shape index (κ1) is 33.5. The Morgan fingerprint density at radius 2 is 1.72 bits per heavy atom. The van der Waals surface area contributed by atoms with E-state index >= 15 is 0 Å². The van der Waals surface area contributed by atoms with E-state index in [4.69, 9.17) is 13.9 Å². The van der Waals surface area contributed by atoms with Gasteiger partial charge < -0.3 is 29.4 Å². The summed E-state index contributed by atoms with van der Waals surface area (Å²) in [4.78, 5) is 40.9. The van der Waals surface area contributed by atoms with Crippen LogP contribution in [0.3, 0.4) is 0 Å². The minimum Gasteiger partial charge on any atom is -0.491 e. The van der Waals surface area contributed by atoms with E-state index in [2.05, 4.69) is 10.6 Å². The van der Waals surface area contributed by atoms with Crippen molar-refractivity contribution in [3.05, 3.63) is 77.6 Å². The number of rotatable bonds is 9. The summed E-state index contributed by atoms with van der Waals surface area (Å²) >= 11 is 0. The molecule has 1 saturated heterocycles. The first-order chi connectivity index (χ1) is 22.3. The van der Waals surface area contributed by atoms with E-state index in [-0.39, 0.29) is 36.5 Å². The van der Waals surface area contributed by atoms with E-state index in [1.54, 1.807) is 41.3 Å². The minimum absolute atomic E-state index is 0.179. The van der Waals surface area contributed by atoms with E-state index in [9.17, 15) is 18.8 Å². The number of hydrogen-bond acceptors (Lipinski definition) is 6. The van der Waals surface area contributed by atoms with E-state index in [1.807, 2.05) is 46.8 Å². The molecule has 5 rings (SSSR count). The number of likely N-dealkylation sites (tertiary alicyclic amines) is 1. The van der Waals surface area contributed by atoms with Gasteiger partial charge in [0, 0.05) is 42.2 Å². The number of carbonyl (C=O) groups is 3. The molecule has 1 atom stereocenters. The molecular formula is C37H42FN3O6. The second-order valence-electron chi connectivity index (χ2n) is 13.2. The lowest BCUT2D eigenvalue weighted by atomic mass is 9.98. The average Bonchev–Trinajstić information content (AvgIpc) is 3.66. The van der Waals surface area contributed by atoms with Gasteiger partial charge in [0.15, 0.2) is 0 Å². The molecule has 10 heteroatoms. The highest BCUT2D eigenvalue weighted by Crippen LogP contribution is 2.39. The van der Waals surface area contributed by atoms with Crippen LogP contribution in [-0.2, 0) is 4.74 Å². The third-order valence-electron chi connectivity index (χ3n) is 7.91. The van der Waals surface area contributed by atoms with Crippen molar-refractivity contribution in [1.82, 2.24) is 15.5 Å². The zero-order chi connectivity index (χ0) is 33.9. The van der Waals surface area contributed by atoms with Gasteiger partial charge in [-0.05, 0) is 99.7 Å². The van der Waals surface area contributed by atoms with Crippen LogP contribution in [0.4, 0.5) is 9.18 Å². The lowest BCUT2D eigenvalue weighted by Gasteiger charge is -2.28. The molecule has 3 amide bonds. The monoisotopic (exact) mass is 643 g/mol. The number of ether oxygens (including phenoxy) is 2. The molecule has 1 unspecified atom stereocenters. The fraction of sp³-hybridized carbons (Fsp3) is 0.378. The Morgan fingerprint density at radius 3 is 2.40 bits per heavy atom. The van der Waals surface area contributed by atoms with Crippen LogP contribution < -0.4 is 15.4 Å². The number of nitrogens with zero attached hydrogens (tertiary/aromatic N) is 1. The van der Waals surface area contributed by atoms with Crippen LogP contribution in [0.5, 0.6) is 5.75 Å². The van der Waals surface area contributed by atoms with Crippen LogP contribution in [0.1, 0.15) is 68.2 Å². The molecule has 9 nitrogen and oxygen atoms in total. The molecule has 0 aliphatic carbocycles. The second kappa shape index (κ2) is 13.9. The first-order valence-electron chi connectivity index (χ1n) is 15.9. The number of furan rings is 1. The Labute approximate surface area is 274 Å². The summed E-state index contributed by atoms with van der Waals surface area (Å²) in [5.41, 5.74) is 2.51. The molecule has 0 spiro atoms. The fourth-order valence-corrected chi connectivity index (χ4v) is 5.60. The normalized spacial score (nSPS) is 14.8. The number of amides is 3. The van der Waals surface area contributed by atoms with Crippen LogP contribution in [0.2, 0.25) is 0 Å². The number of nitrogens with one attached hydrogen (secondary N) is 2. The van der Waals surface area contributed by atoms with Crippen molar-refractivity contribution >= 4 is 28.9 Å². The fourth-order valence-electron chi connectivity index (χ4n) is 5.60. The SMILES string of the molecule is CNC(=O)c1c(-c2ccc(F)cc2)oc2ccc(-c3cc(C(=O)NCC(C)C)ccc3OCC3CCCN3C(=O)OC(C)(C)C)cc12. The van der Waals surface area contributed by atoms with E-state index < -0.39 is 11.4 Å². The summed E-state index contributed by atoms with van der Waals surface area (Å²) in [6, 6.07) is 16.3. The Balaban J connectivity index is 1.54. The van der Waals surface area contributed by atoms with Crippen LogP contribution in [0.15, 0.2) is 65.1 Å². The summed E-state index contributed by atoms with van der Waals surface area (Å²) in [7, 11) is 1.54. The number of fused-ring (bicyclic) bond motifs is 1. The first-order valence-corrected chi connectivity index (χ1v) is 15.9. The molecule has 4 aromatic rings. The summed E-state index contributed by atoms with van der Waals surface area (Å²) in [5.74, 6) is 0.143. The highest BCUT2D eigenvalue weighted by molar-refractivity contribution is 6.12. The zero-order valence-electron chi connectivity index (χ0n) is 27.7. The maximum absolute atomic E-state index is 13.7. The molecule has 2 heterocycles. The van der Waals surface area contributed by atoms with Gasteiger partial charge in [-0.25, -0.2) is 9.18 Å². The van der Waals surface area contributed by atoms with Crippen molar-refractivity contribution in [1.29, 1.82) is 0 Å². The summed E-state index contributed by atoms with van der Waals surface area (Å²) in [5, 5.41) is 6.20. The predicted octanol–water partition coefficient (Wildman–Crippen LogP) is 7.43. The maximum Gasteiger partial charge on any atom is 0.410 e. The molecule has 0 radical (unpaired) electrons. The standard InChI is InChI=1S/C37H42FN3O6/c1-22(2)20-40-34(42)25-12-15-30(45-21-27-8-7-17-41(27)36(44)47-37(3,4)5)28(19-25)24-11-16-31-29(18-24)32(35(43)39-6)33(46-31)23-9-13-26(38)14-10-23/h9-16,18-19,22,27H,7-8,17,20-21H2,1-6H3,(H,39,43)(H,40,42). The van der Waals surface area contributed by atoms with Crippen LogP contribution in [0.25, 0.3) is 33.4 Å². The number of halogens is 1. The van der Waals surface area contributed by atoms with Crippen molar-refractivity contribution in [2.75, 3.05) is 26.7 Å². The van der Waals surface area contributed by atoms with E-state index in [1.165, 1.54) is 19.2 Å². The number of hydrogen-bond donors (Lipinski definition) is 2. The van der Waals surface area contributed by atoms with Crippen molar-refractivity contribution in [2.45, 2.75) is 59.1 Å². The number of carbonyl (C=O) groups excluding carboxylic acids is 3. The third kappa shape index (κ3) is 7.76. The smallest absolute Gasteiger partial charge is 0.410 e. The van der Waals surface area contributed by atoms with Gasteiger partial charge in [0.1, 0.15) is 35.1 Å². The third-order valence-corrected chi connectivity index (χ3v) is 7.91. The average molecular weight is 644 g/mol. The Kier molecular flexibility index (Phi) is 9.88. The summed E-state index contributed by atoms with van der Waals surface area (Å²) in [6.45, 7) is 10.9. The Hall–Kier alpha value is -4.86. The maximum atomic E-state index is 13.7. The van der Waals surface area contributed by atoms with E-state index in [0.29, 0.717) is 63.4 Å². The Morgan fingerprint density at radius 1 is 1.00 bits per heavy atom. The summed E-state index contributed by atoms with van der Waals surface area (Å²) < 4.78 is 31.9. The molecule has 3 aromatic carbocycles. The highest BCUT2D eigenvalue weighted by Gasteiger charge is 2.33. The van der Waals surface area contributed by atoms with Crippen LogP contribution >= 0.6 is 0 Å². The largest absolute Gasteiger partial charge is 0.491 e. The lowest BCUT2D eigenvalue weighted by Crippen LogP contribution is -2.42. The van der Waals surface area contributed by atoms with Crippen molar-refractivity contribution in [3.8, 4) is 28.2 Å². The quantitative estimate of drug-likeness (QED) is 0.196. The zero-order valence-corrected chi connectivity index (χ0v) is 27.7. The van der Waals surface area contributed by atoms with Gasteiger partial charge in [-0.15, -0.1) is 0 Å². The van der Waals surface area contributed by atoms with Crippen molar-refractivity contribution in [3.63, 3.8) is 0 Å². The molecule has 1 aromatic heterocycles. The second-order valence-corrected chi connectivity index (χ2v) is 13.2. The van der Waals surface area contributed by atoms with E-state index in [0.717, 1.165) is 12.8 Å². The van der Waals surface area contributed by atoms with Crippen LogP contribution in [-0.4, -0.2) is 61.2 Å². The van der Waals surface area contributed by atoms with Gasteiger partial charge in [-0.3, -0.25) is 9.59 Å². The van der Waals surface area contributed by atoms with Crippen molar-refractivity contribution in [2.24, 2.45) is 5.92 Å². The predicted molar refractivity (Wildman–Crippen MR) is 179 cm³/mol. The Bertz CT molecular complexity index is 1770. The van der Waals surface area contributed by atoms with Crippen molar-refractivity contribution < 1.29 is 32.7 Å². The lowest BCUT2D eigenvalue weighted by molar-refractivity contribution is 0.0187. The molecule has 0 bridgehead atoms. The molecule has 47 heavy (non-hydrogen) atoms. The molecule has 0 saturated carbocycles. The van der Waals surface area contributed by atoms with Gasteiger partial charge in [-0.2, -0.15) is 0 Å². The van der Waals surface area contributed by atoms with Crippen LogP contribution in [0, 0.1) is 11.7 Å². The van der Waals surface area contributed by atoms with Gasteiger partial charge in [0.05, 0.1) is 11.6 Å². The molecular weight excluding hydrogens is 601 g/mol. The summed E-state index contributed by atoms with van der Waals surface area (Å²) in [6.07, 6.45) is 1.24.